The van der Waals surface area contributed by atoms with Crippen LogP contribution in [0, 0.1) is 11.8 Å². The molecule has 1 aliphatic carbocycles. The molecule has 0 spiro atoms. The molecule has 4 nitrogen and oxygen atoms in total. The van der Waals surface area contributed by atoms with E-state index in [1.165, 1.54) is 18.4 Å². The Hall–Kier alpha value is -1.10. The van der Waals surface area contributed by atoms with Gasteiger partial charge in [0.2, 0.25) is 0 Å². The number of rotatable bonds is 10. The summed E-state index contributed by atoms with van der Waals surface area (Å²) in [6.45, 7) is 5.90. The van der Waals surface area contributed by atoms with Crippen molar-refractivity contribution in [2.75, 3.05) is 19.8 Å². The predicted octanol–water partition coefficient (Wildman–Crippen LogP) is 2.38. The standard InChI is InChI=1S/C18H29NO3/c1-13(2)18(19)17(20)12-22-16-7-5-14(6-8-16)9-10-21-11-15-3-4-15/h5-8,13,15,17-18,20H,3-4,9-12,19H2,1-2H3. The molecule has 1 aliphatic rings. The average Bonchev–Trinajstić information content (AvgIpc) is 3.33. The van der Waals surface area contributed by atoms with E-state index >= 15 is 0 Å². The first kappa shape index (κ1) is 17.3. The Morgan fingerprint density at radius 1 is 1.23 bits per heavy atom. The average molecular weight is 307 g/mol. The molecule has 0 heterocycles. The maximum Gasteiger partial charge on any atom is 0.119 e. The molecule has 0 aliphatic heterocycles. The Labute approximate surface area is 133 Å². The zero-order valence-electron chi connectivity index (χ0n) is 13.7. The number of ether oxygens (including phenoxy) is 2. The van der Waals surface area contributed by atoms with Gasteiger partial charge in [-0.1, -0.05) is 26.0 Å². The lowest BCUT2D eigenvalue weighted by Crippen LogP contribution is -2.42. The number of hydrogen-bond donors (Lipinski definition) is 2. The molecule has 1 fully saturated rings. The summed E-state index contributed by atoms with van der Waals surface area (Å²) in [5, 5.41) is 9.93. The summed E-state index contributed by atoms with van der Waals surface area (Å²) in [6, 6.07) is 7.70. The molecule has 2 unspecified atom stereocenters. The smallest absolute Gasteiger partial charge is 0.119 e. The number of aliphatic hydroxyl groups is 1. The van der Waals surface area contributed by atoms with Crippen LogP contribution in [0.3, 0.4) is 0 Å². The molecule has 2 rings (SSSR count). The van der Waals surface area contributed by atoms with Crippen molar-refractivity contribution in [3.63, 3.8) is 0 Å². The number of nitrogens with two attached hydrogens (primary N) is 1. The molecule has 0 bridgehead atoms. The van der Waals surface area contributed by atoms with E-state index in [1.54, 1.807) is 0 Å². The molecule has 22 heavy (non-hydrogen) atoms. The fourth-order valence-electron chi connectivity index (χ4n) is 2.21. The summed E-state index contributed by atoms with van der Waals surface area (Å²) >= 11 is 0. The molecule has 1 saturated carbocycles. The Morgan fingerprint density at radius 3 is 2.50 bits per heavy atom. The lowest BCUT2D eigenvalue weighted by Gasteiger charge is -2.22. The molecule has 0 aromatic heterocycles. The quantitative estimate of drug-likeness (QED) is 0.651. The van der Waals surface area contributed by atoms with E-state index < -0.39 is 6.10 Å². The lowest BCUT2D eigenvalue weighted by atomic mass is 10.0. The first-order valence-electron chi connectivity index (χ1n) is 8.29. The van der Waals surface area contributed by atoms with Crippen molar-refractivity contribution in [2.45, 2.75) is 45.3 Å². The molecule has 3 N–H and O–H groups in total. The molecule has 4 heteroatoms. The monoisotopic (exact) mass is 307 g/mol. The maximum absolute atomic E-state index is 9.93. The summed E-state index contributed by atoms with van der Waals surface area (Å²) in [6.07, 6.45) is 2.94. The van der Waals surface area contributed by atoms with E-state index in [4.69, 9.17) is 15.2 Å². The molecule has 124 valence electrons. The van der Waals surface area contributed by atoms with Gasteiger partial charge < -0.3 is 20.3 Å². The minimum absolute atomic E-state index is 0.225. The third-order valence-corrected chi connectivity index (χ3v) is 4.14. The second-order valence-electron chi connectivity index (χ2n) is 6.61. The van der Waals surface area contributed by atoms with E-state index in [0.717, 1.165) is 31.3 Å². The molecular weight excluding hydrogens is 278 g/mol. The minimum Gasteiger partial charge on any atom is -0.491 e. The van der Waals surface area contributed by atoms with Gasteiger partial charge >= 0.3 is 0 Å². The number of aliphatic hydroxyl groups excluding tert-OH is 1. The van der Waals surface area contributed by atoms with Crippen molar-refractivity contribution in [3.05, 3.63) is 29.8 Å². The van der Waals surface area contributed by atoms with Gasteiger partial charge in [-0.25, -0.2) is 0 Å². The highest BCUT2D eigenvalue weighted by atomic mass is 16.5. The summed E-state index contributed by atoms with van der Waals surface area (Å²) in [5.74, 6) is 1.81. The Kier molecular flexibility index (Phi) is 6.68. The third kappa shape index (κ3) is 5.95. The Morgan fingerprint density at radius 2 is 1.91 bits per heavy atom. The second kappa shape index (κ2) is 8.51. The Balaban J connectivity index is 1.67. The normalized spacial score (nSPS) is 17.5. The summed E-state index contributed by atoms with van der Waals surface area (Å²) in [4.78, 5) is 0. The van der Waals surface area contributed by atoms with Crippen molar-refractivity contribution in [2.24, 2.45) is 17.6 Å². The van der Waals surface area contributed by atoms with Gasteiger partial charge in [0.1, 0.15) is 18.5 Å². The summed E-state index contributed by atoms with van der Waals surface area (Å²) in [5.41, 5.74) is 7.14. The van der Waals surface area contributed by atoms with Crippen LogP contribution in [0.5, 0.6) is 5.75 Å². The molecule has 1 aromatic carbocycles. The fourth-order valence-corrected chi connectivity index (χ4v) is 2.21. The molecule has 1 aromatic rings. The lowest BCUT2D eigenvalue weighted by molar-refractivity contribution is 0.0715. The molecule has 0 radical (unpaired) electrons. The van der Waals surface area contributed by atoms with E-state index in [1.807, 2.05) is 38.1 Å². The van der Waals surface area contributed by atoms with Gasteiger partial charge in [-0.3, -0.25) is 0 Å². The van der Waals surface area contributed by atoms with Gasteiger partial charge in [0.25, 0.3) is 0 Å². The van der Waals surface area contributed by atoms with Crippen LogP contribution < -0.4 is 10.5 Å². The largest absolute Gasteiger partial charge is 0.491 e. The molecule has 2 atom stereocenters. The first-order valence-corrected chi connectivity index (χ1v) is 8.29. The topological polar surface area (TPSA) is 64.7 Å². The van der Waals surface area contributed by atoms with Crippen LogP contribution in [0.15, 0.2) is 24.3 Å². The maximum atomic E-state index is 9.93. The Bertz CT molecular complexity index is 428. The third-order valence-electron chi connectivity index (χ3n) is 4.14. The van der Waals surface area contributed by atoms with E-state index in [-0.39, 0.29) is 18.6 Å². The van der Waals surface area contributed by atoms with Crippen molar-refractivity contribution in [3.8, 4) is 5.75 Å². The van der Waals surface area contributed by atoms with E-state index in [0.29, 0.717) is 0 Å². The number of hydrogen-bond acceptors (Lipinski definition) is 4. The summed E-state index contributed by atoms with van der Waals surface area (Å²) in [7, 11) is 0. The first-order chi connectivity index (χ1) is 10.6. The van der Waals surface area contributed by atoms with E-state index in [2.05, 4.69) is 0 Å². The molecular formula is C18H29NO3. The van der Waals surface area contributed by atoms with Crippen LogP contribution in [0.25, 0.3) is 0 Å². The SMILES string of the molecule is CC(C)C(N)C(O)COc1ccc(CCOCC2CC2)cc1. The highest BCUT2D eigenvalue weighted by Gasteiger charge is 2.21. The van der Waals surface area contributed by atoms with Gasteiger partial charge in [-0.2, -0.15) is 0 Å². The van der Waals surface area contributed by atoms with Crippen LogP contribution in [0.4, 0.5) is 0 Å². The zero-order chi connectivity index (χ0) is 15.9. The fraction of sp³-hybridized carbons (Fsp3) is 0.667. The van der Waals surface area contributed by atoms with Gasteiger partial charge in [0.15, 0.2) is 0 Å². The molecule has 0 amide bonds. The van der Waals surface area contributed by atoms with Crippen molar-refractivity contribution >= 4 is 0 Å². The minimum atomic E-state index is -0.643. The summed E-state index contributed by atoms with van der Waals surface area (Å²) < 4.78 is 11.2. The zero-order valence-corrected chi connectivity index (χ0v) is 13.7. The van der Waals surface area contributed by atoms with Crippen molar-refractivity contribution in [1.29, 1.82) is 0 Å². The van der Waals surface area contributed by atoms with Gasteiger partial charge in [-0.05, 0) is 48.8 Å². The highest BCUT2D eigenvalue weighted by Crippen LogP contribution is 2.28. The van der Waals surface area contributed by atoms with Crippen LogP contribution in [0.1, 0.15) is 32.3 Å². The van der Waals surface area contributed by atoms with Crippen molar-refractivity contribution < 1.29 is 14.6 Å². The van der Waals surface area contributed by atoms with Crippen LogP contribution in [-0.4, -0.2) is 37.1 Å². The second-order valence-corrected chi connectivity index (χ2v) is 6.61. The molecule has 0 saturated heterocycles. The van der Waals surface area contributed by atoms with E-state index in [9.17, 15) is 5.11 Å². The predicted molar refractivity (Wildman–Crippen MR) is 88.0 cm³/mol. The van der Waals surface area contributed by atoms with Crippen molar-refractivity contribution in [1.82, 2.24) is 0 Å². The van der Waals surface area contributed by atoms with Gasteiger partial charge in [-0.15, -0.1) is 0 Å². The van der Waals surface area contributed by atoms with Crippen LogP contribution in [0.2, 0.25) is 0 Å². The van der Waals surface area contributed by atoms with Gasteiger partial charge in [0.05, 0.1) is 6.61 Å². The van der Waals surface area contributed by atoms with Gasteiger partial charge in [0, 0.05) is 12.6 Å². The highest BCUT2D eigenvalue weighted by molar-refractivity contribution is 5.27. The van der Waals surface area contributed by atoms with Crippen LogP contribution >= 0.6 is 0 Å². The van der Waals surface area contributed by atoms with Crippen LogP contribution in [-0.2, 0) is 11.2 Å². The number of benzene rings is 1.